The van der Waals surface area contributed by atoms with Gasteiger partial charge in [-0.05, 0) is 55.8 Å². The van der Waals surface area contributed by atoms with Crippen LogP contribution in [0.4, 0.5) is 11.4 Å². The predicted molar refractivity (Wildman–Crippen MR) is 118 cm³/mol. The van der Waals surface area contributed by atoms with Crippen molar-refractivity contribution in [3.05, 3.63) is 58.6 Å². The first kappa shape index (κ1) is 21.1. The summed E-state index contributed by atoms with van der Waals surface area (Å²) < 4.78 is 0. The smallest absolute Gasteiger partial charge is 0.313 e. The van der Waals surface area contributed by atoms with Crippen LogP contribution in [0.2, 0.25) is 5.02 Å². The van der Waals surface area contributed by atoms with Crippen molar-refractivity contribution >= 4 is 34.8 Å². The largest absolute Gasteiger partial charge is 0.369 e. The maximum Gasteiger partial charge on any atom is 0.313 e. The van der Waals surface area contributed by atoms with Crippen LogP contribution >= 0.6 is 11.6 Å². The Morgan fingerprint density at radius 2 is 1.69 bits per heavy atom. The van der Waals surface area contributed by atoms with Gasteiger partial charge in [0.15, 0.2) is 0 Å². The van der Waals surface area contributed by atoms with Gasteiger partial charge in [0.1, 0.15) is 0 Å². The van der Waals surface area contributed by atoms with Crippen LogP contribution < -0.4 is 15.5 Å². The fraction of sp³-hybridized carbons (Fsp3) is 0.364. The number of hydrogen-bond donors (Lipinski definition) is 2. The van der Waals surface area contributed by atoms with Crippen molar-refractivity contribution in [2.45, 2.75) is 13.3 Å². The Morgan fingerprint density at radius 1 is 1.00 bits per heavy atom. The third kappa shape index (κ3) is 5.95. The molecule has 2 N–H and O–H groups in total. The van der Waals surface area contributed by atoms with E-state index in [4.69, 9.17) is 11.6 Å². The topological polar surface area (TPSA) is 64.7 Å². The lowest BCUT2D eigenvalue weighted by atomic mass is 10.1. The number of nitrogens with one attached hydrogen (secondary N) is 2. The van der Waals surface area contributed by atoms with Crippen LogP contribution in [0.3, 0.4) is 0 Å². The zero-order valence-corrected chi connectivity index (χ0v) is 17.6. The highest BCUT2D eigenvalue weighted by Gasteiger charge is 2.15. The van der Waals surface area contributed by atoms with Crippen LogP contribution in [0, 0.1) is 6.92 Å². The van der Waals surface area contributed by atoms with Crippen molar-refractivity contribution < 1.29 is 9.59 Å². The van der Waals surface area contributed by atoms with Gasteiger partial charge in [0, 0.05) is 49.1 Å². The van der Waals surface area contributed by atoms with Crippen molar-refractivity contribution in [3.63, 3.8) is 0 Å². The molecule has 154 valence electrons. The van der Waals surface area contributed by atoms with E-state index in [2.05, 4.69) is 51.7 Å². The Hall–Kier alpha value is -2.57. The van der Waals surface area contributed by atoms with Crippen molar-refractivity contribution in [3.8, 4) is 0 Å². The van der Waals surface area contributed by atoms with Gasteiger partial charge in [-0.1, -0.05) is 29.8 Å². The highest BCUT2D eigenvalue weighted by molar-refractivity contribution is 6.40. The minimum Gasteiger partial charge on any atom is -0.369 e. The number of hydrogen-bond acceptors (Lipinski definition) is 4. The zero-order chi connectivity index (χ0) is 20.8. The fourth-order valence-corrected chi connectivity index (χ4v) is 3.42. The highest BCUT2D eigenvalue weighted by Crippen LogP contribution is 2.20. The first-order valence-electron chi connectivity index (χ1n) is 9.80. The van der Waals surface area contributed by atoms with Crippen LogP contribution in [0.25, 0.3) is 0 Å². The summed E-state index contributed by atoms with van der Waals surface area (Å²) in [6.07, 6.45) is 0.665. The van der Waals surface area contributed by atoms with E-state index in [0.29, 0.717) is 23.7 Å². The van der Waals surface area contributed by atoms with E-state index < -0.39 is 11.8 Å². The molecule has 29 heavy (non-hydrogen) atoms. The number of rotatable bonds is 5. The molecule has 0 unspecified atom stereocenters. The summed E-state index contributed by atoms with van der Waals surface area (Å²) in [6.45, 7) is 6.46. The summed E-state index contributed by atoms with van der Waals surface area (Å²) in [5.74, 6) is -1.35. The van der Waals surface area contributed by atoms with Gasteiger partial charge in [-0.3, -0.25) is 9.59 Å². The Labute approximate surface area is 176 Å². The molecule has 2 aromatic rings. The van der Waals surface area contributed by atoms with Crippen LogP contribution in [0.5, 0.6) is 0 Å². The second kappa shape index (κ2) is 9.76. The lowest BCUT2D eigenvalue weighted by molar-refractivity contribution is -0.136. The average Bonchev–Trinajstić information content (AvgIpc) is 2.72. The van der Waals surface area contributed by atoms with Crippen molar-refractivity contribution in [1.29, 1.82) is 0 Å². The minimum absolute atomic E-state index is 0.397. The third-order valence-electron chi connectivity index (χ3n) is 5.16. The summed E-state index contributed by atoms with van der Waals surface area (Å²) >= 11 is 5.94. The van der Waals surface area contributed by atoms with Crippen LogP contribution in [0.15, 0.2) is 42.5 Å². The molecule has 0 aromatic heterocycles. The number of carbonyl (C=O) groups is 2. The van der Waals surface area contributed by atoms with E-state index in [1.807, 2.05) is 6.92 Å². The molecule has 0 saturated carbocycles. The van der Waals surface area contributed by atoms with Crippen LogP contribution in [-0.2, 0) is 16.0 Å². The quantitative estimate of drug-likeness (QED) is 0.738. The molecular formula is C22H27ClN4O2. The summed E-state index contributed by atoms with van der Waals surface area (Å²) in [5.41, 5.74) is 3.73. The average molecular weight is 415 g/mol. The molecule has 2 aromatic carbocycles. The molecule has 0 bridgehead atoms. The molecule has 1 saturated heterocycles. The lowest BCUT2D eigenvalue weighted by Gasteiger charge is -2.34. The van der Waals surface area contributed by atoms with Gasteiger partial charge in [-0.2, -0.15) is 0 Å². The third-order valence-corrected chi connectivity index (χ3v) is 5.39. The first-order chi connectivity index (χ1) is 13.9. The molecule has 0 aliphatic carbocycles. The van der Waals surface area contributed by atoms with E-state index in [0.717, 1.165) is 37.3 Å². The summed E-state index contributed by atoms with van der Waals surface area (Å²) in [6, 6.07) is 13.6. The SMILES string of the molecule is Cc1ccc(Cl)cc1NC(=O)C(=O)NCCc1ccc(N2CCN(C)CC2)cc1. The Bertz CT molecular complexity index is 862. The first-order valence-corrected chi connectivity index (χ1v) is 10.2. The Morgan fingerprint density at radius 3 is 2.38 bits per heavy atom. The van der Waals surface area contributed by atoms with E-state index in [-0.39, 0.29) is 0 Å². The van der Waals surface area contributed by atoms with Gasteiger partial charge in [0.2, 0.25) is 0 Å². The molecule has 0 spiro atoms. The van der Waals surface area contributed by atoms with E-state index >= 15 is 0 Å². The predicted octanol–water partition coefficient (Wildman–Crippen LogP) is 2.70. The van der Waals surface area contributed by atoms with Crippen LogP contribution in [0.1, 0.15) is 11.1 Å². The number of benzene rings is 2. The van der Waals surface area contributed by atoms with Crippen molar-refractivity contribution in [1.82, 2.24) is 10.2 Å². The number of halogens is 1. The van der Waals surface area contributed by atoms with Gasteiger partial charge in [-0.25, -0.2) is 0 Å². The van der Waals surface area contributed by atoms with E-state index in [9.17, 15) is 9.59 Å². The van der Waals surface area contributed by atoms with Gasteiger partial charge >= 0.3 is 11.8 Å². The summed E-state index contributed by atoms with van der Waals surface area (Å²) in [7, 11) is 2.14. The molecule has 0 atom stereocenters. The van der Waals surface area contributed by atoms with Gasteiger partial charge in [0.05, 0.1) is 0 Å². The number of aryl methyl sites for hydroxylation is 1. The number of carbonyl (C=O) groups excluding carboxylic acids is 2. The summed E-state index contributed by atoms with van der Waals surface area (Å²) in [5, 5.41) is 5.78. The van der Waals surface area contributed by atoms with E-state index in [1.165, 1.54) is 5.69 Å². The second-order valence-electron chi connectivity index (χ2n) is 7.38. The molecular weight excluding hydrogens is 388 g/mol. The molecule has 3 rings (SSSR count). The number of nitrogens with zero attached hydrogens (tertiary/aromatic N) is 2. The number of piperazine rings is 1. The maximum absolute atomic E-state index is 12.1. The van der Waals surface area contributed by atoms with E-state index in [1.54, 1.807) is 18.2 Å². The van der Waals surface area contributed by atoms with Crippen LogP contribution in [-0.4, -0.2) is 56.5 Å². The Balaban J connectivity index is 1.45. The molecule has 0 radical (unpaired) electrons. The molecule has 1 aliphatic heterocycles. The van der Waals surface area contributed by atoms with Crippen molar-refractivity contribution in [2.24, 2.45) is 0 Å². The molecule has 1 aliphatic rings. The fourth-order valence-electron chi connectivity index (χ4n) is 3.25. The van der Waals surface area contributed by atoms with Crippen molar-refractivity contribution in [2.75, 3.05) is 50.0 Å². The maximum atomic E-state index is 12.1. The number of amides is 2. The Kier molecular flexibility index (Phi) is 7.12. The molecule has 2 amide bonds. The van der Waals surface area contributed by atoms with Gasteiger partial charge in [-0.15, -0.1) is 0 Å². The second-order valence-corrected chi connectivity index (χ2v) is 7.81. The monoisotopic (exact) mass is 414 g/mol. The molecule has 6 nitrogen and oxygen atoms in total. The minimum atomic E-state index is -0.694. The number of likely N-dealkylation sites (N-methyl/N-ethyl adjacent to an activating group) is 1. The zero-order valence-electron chi connectivity index (χ0n) is 16.9. The lowest BCUT2D eigenvalue weighted by Crippen LogP contribution is -2.44. The van der Waals surface area contributed by atoms with Gasteiger partial charge < -0.3 is 20.4 Å². The highest BCUT2D eigenvalue weighted by atomic mass is 35.5. The molecule has 7 heteroatoms. The standard InChI is InChI=1S/C22H27ClN4O2/c1-16-3-6-18(23)15-20(16)25-22(29)21(28)24-10-9-17-4-7-19(8-5-17)27-13-11-26(2)12-14-27/h3-8,15H,9-14H2,1-2H3,(H,24,28)(H,25,29). The normalized spacial score (nSPS) is 14.5. The molecule has 1 fully saturated rings. The van der Waals surface area contributed by atoms with Gasteiger partial charge in [0.25, 0.3) is 0 Å². The summed E-state index contributed by atoms with van der Waals surface area (Å²) in [4.78, 5) is 28.9. The molecule has 1 heterocycles. The number of anilines is 2.